The summed E-state index contributed by atoms with van der Waals surface area (Å²) in [6.07, 6.45) is 1.88. The van der Waals surface area contributed by atoms with Crippen LogP contribution in [-0.4, -0.2) is 62.6 Å². The van der Waals surface area contributed by atoms with E-state index in [1.807, 2.05) is 18.2 Å². The van der Waals surface area contributed by atoms with Crippen molar-refractivity contribution in [2.24, 2.45) is 5.73 Å². The van der Waals surface area contributed by atoms with E-state index in [9.17, 15) is 13.2 Å². The first-order valence-corrected chi connectivity index (χ1v) is 13.4. The summed E-state index contributed by atoms with van der Waals surface area (Å²) in [7, 11) is -3.53. The highest BCUT2D eigenvalue weighted by atomic mass is 35.5. The van der Waals surface area contributed by atoms with E-state index >= 15 is 0 Å². The van der Waals surface area contributed by atoms with Gasteiger partial charge in [-0.1, -0.05) is 29.8 Å². The fourth-order valence-electron chi connectivity index (χ4n) is 4.09. The molecule has 2 N–H and O–H groups in total. The molecule has 180 valence electrons. The van der Waals surface area contributed by atoms with Crippen molar-refractivity contribution < 1.29 is 13.2 Å². The molecule has 2 aromatic rings. The molecule has 7 nitrogen and oxygen atoms in total. The molecule has 0 unspecified atom stereocenters. The van der Waals surface area contributed by atoms with Crippen LogP contribution in [0.1, 0.15) is 41.8 Å². The fourth-order valence-corrected chi connectivity index (χ4v) is 5.24. The largest absolute Gasteiger partial charge is 0.333 e. The molecule has 1 aliphatic rings. The Morgan fingerprint density at radius 1 is 1.06 bits per heavy atom. The molecule has 0 bridgehead atoms. The van der Waals surface area contributed by atoms with Crippen molar-refractivity contribution in [3.05, 3.63) is 64.2 Å². The number of anilines is 1. The zero-order valence-corrected chi connectivity index (χ0v) is 21.1. The Bertz CT molecular complexity index is 1070. The summed E-state index contributed by atoms with van der Waals surface area (Å²) in [5.41, 5.74) is 8.50. The molecule has 1 heterocycles. The van der Waals surface area contributed by atoms with Gasteiger partial charge in [0.2, 0.25) is 10.0 Å². The number of nitrogens with zero attached hydrogens (tertiary/aromatic N) is 3. The molecule has 0 spiro atoms. The van der Waals surface area contributed by atoms with Gasteiger partial charge >= 0.3 is 0 Å². The summed E-state index contributed by atoms with van der Waals surface area (Å²) in [5.74, 6) is -0.103. The van der Waals surface area contributed by atoms with Crippen LogP contribution in [0.5, 0.6) is 0 Å². The summed E-state index contributed by atoms with van der Waals surface area (Å²) < 4.78 is 26.8. The lowest BCUT2D eigenvalue weighted by molar-refractivity contribution is 0.0712. The second kappa shape index (κ2) is 10.9. The van der Waals surface area contributed by atoms with Gasteiger partial charge in [0.15, 0.2) is 0 Å². The van der Waals surface area contributed by atoms with Crippen LogP contribution in [0, 0.1) is 0 Å². The van der Waals surface area contributed by atoms with E-state index in [0.29, 0.717) is 48.9 Å². The Balaban J connectivity index is 2.04. The third-order valence-corrected chi connectivity index (χ3v) is 7.41. The van der Waals surface area contributed by atoms with E-state index in [4.69, 9.17) is 17.3 Å². The van der Waals surface area contributed by atoms with Crippen molar-refractivity contribution in [1.82, 2.24) is 9.80 Å². The Hall–Kier alpha value is -2.13. The standard InChI is InChI=1S/C24H33ClN4O3S/c1-18(2)27-11-4-12-29(33(3,31)32)23-15-22(25)10-9-21(23)17-28(14-13-27)24(30)20-7-5-19(16-26)6-8-20/h5-10,15,18H,4,11-14,16-17,26H2,1-3H3. The third kappa shape index (κ3) is 6.47. The number of carbonyl (C=O) groups is 1. The molecule has 1 amide bonds. The molecule has 0 aromatic heterocycles. The van der Waals surface area contributed by atoms with Gasteiger partial charge in [-0.05, 0) is 55.7 Å². The summed E-state index contributed by atoms with van der Waals surface area (Å²) in [6, 6.07) is 12.8. The molecule has 0 fully saturated rings. The van der Waals surface area contributed by atoms with Gasteiger partial charge in [0, 0.05) is 55.9 Å². The second-order valence-corrected chi connectivity index (χ2v) is 11.1. The van der Waals surface area contributed by atoms with Crippen molar-refractivity contribution in [3.8, 4) is 0 Å². The quantitative estimate of drug-likeness (QED) is 0.707. The molecule has 0 saturated carbocycles. The lowest BCUT2D eigenvalue weighted by Gasteiger charge is -2.30. The molecular formula is C24H33ClN4O3S. The Kier molecular flexibility index (Phi) is 8.39. The van der Waals surface area contributed by atoms with Gasteiger partial charge in [0.1, 0.15) is 0 Å². The maximum atomic E-state index is 13.5. The minimum atomic E-state index is -3.53. The Labute approximate surface area is 202 Å². The molecule has 1 aliphatic heterocycles. The number of benzene rings is 2. The van der Waals surface area contributed by atoms with Gasteiger partial charge < -0.3 is 10.6 Å². The number of hydrogen-bond donors (Lipinski definition) is 1. The van der Waals surface area contributed by atoms with Crippen molar-refractivity contribution >= 4 is 33.2 Å². The SMILES string of the molecule is CC(C)N1CCCN(S(C)(=O)=O)c2cc(Cl)ccc2CN(C(=O)c2ccc(CN)cc2)CC1. The number of hydrogen-bond acceptors (Lipinski definition) is 5. The van der Waals surface area contributed by atoms with E-state index in [1.54, 1.807) is 29.2 Å². The highest BCUT2D eigenvalue weighted by molar-refractivity contribution is 7.92. The average molecular weight is 493 g/mol. The number of carbonyl (C=O) groups excluding carboxylic acids is 1. The number of sulfonamides is 1. The molecular weight excluding hydrogens is 460 g/mol. The van der Waals surface area contributed by atoms with Crippen LogP contribution in [-0.2, 0) is 23.1 Å². The molecule has 0 radical (unpaired) electrons. The van der Waals surface area contributed by atoms with Crippen LogP contribution < -0.4 is 10.0 Å². The first-order valence-electron chi connectivity index (χ1n) is 11.2. The molecule has 9 heteroatoms. The van der Waals surface area contributed by atoms with Crippen LogP contribution in [0.3, 0.4) is 0 Å². The summed E-state index contributed by atoms with van der Waals surface area (Å²) in [5, 5.41) is 0.455. The first-order chi connectivity index (χ1) is 15.6. The summed E-state index contributed by atoms with van der Waals surface area (Å²) in [4.78, 5) is 17.6. The maximum Gasteiger partial charge on any atom is 0.254 e. The van der Waals surface area contributed by atoms with E-state index in [0.717, 1.165) is 17.7 Å². The molecule has 0 atom stereocenters. The van der Waals surface area contributed by atoms with Crippen LogP contribution >= 0.6 is 11.6 Å². The smallest absolute Gasteiger partial charge is 0.254 e. The van der Waals surface area contributed by atoms with Gasteiger partial charge in [0.25, 0.3) is 5.91 Å². The highest BCUT2D eigenvalue weighted by Crippen LogP contribution is 2.29. The van der Waals surface area contributed by atoms with Gasteiger partial charge in [-0.3, -0.25) is 14.0 Å². The minimum Gasteiger partial charge on any atom is -0.333 e. The van der Waals surface area contributed by atoms with Crippen LogP contribution in [0.25, 0.3) is 0 Å². The number of amides is 1. The van der Waals surface area contributed by atoms with Crippen LogP contribution in [0.4, 0.5) is 5.69 Å². The normalized spacial score (nSPS) is 16.4. The molecule has 0 saturated heterocycles. The molecule has 3 rings (SSSR count). The average Bonchev–Trinajstić information content (AvgIpc) is 2.80. The van der Waals surface area contributed by atoms with Crippen molar-refractivity contribution in [2.75, 3.05) is 36.7 Å². The lowest BCUT2D eigenvalue weighted by atomic mass is 10.1. The predicted octanol–water partition coefficient (Wildman–Crippen LogP) is 3.32. The number of halogens is 1. The monoisotopic (exact) mass is 492 g/mol. The van der Waals surface area contributed by atoms with Gasteiger partial charge in [0.05, 0.1) is 11.9 Å². The van der Waals surface area contributed by atoms with E-state index in [-0.39, 0.29) is 18.5 Å². The maximum absolute atomic E-state index is 13.5. The summed E-state index contributed by atoms with van der Waals surface area (Å²) in [6.45, 7) is 7.22. The minimum absolute atomic E-state index is 0.103. The summed E-state index contributed by atoms with van der Waals surface area (Å²) >= 11 is 6.26. The number of fused-ring (bicyclic) bond motifs is 1. The van der Waals surface area contributed by atoms with Gasteiger partial charge in [-0.15, -0.1) is 0 Å². The van der Waals surface area contributed by atoms with E-state index in [2.05, 4.69) is 18.7 Å². The van der Waals surface area contributed by atoms with Gasteiger partial charge in [-0.25, -0.2) is 8.42 Å². The number of rotatable bonds is 4. The van der Waals surface area contributed by atoms with Gasteiger partial charge in [-0.2, -0.15) is 0 Å². The van der Waals surface area contributed by atoms with Crippen molar-refractivity contribution in [2.45, 2.75) is 39.4 Å². The topological polar surface area (TPSA) is 87.0 Å². The highest BCUT2D eigenvalue weighted by Gasteiger charge is 2.26. The molecule has 2 aromatic carbocycles. The molecule has 33 heavy (non-hydrogen) atoms. The zero-order valence-electron chi connectivity index (χ0n) is 19.5. The fraction of sp³-hybridized carbons (Fsp3) is 0.458. The van der Waals surface area contributed by atoms with E-state index < -0.39 is 10.0 Å². The molecule has 0 aliphatic carbocycles. The first kappa shape index (κ1) is 25.5. The Morgan fingerprint density at radius 2 is 1.76 bits per heavy atom. The Morgan fingerprint density at radius 3 is 2.36 bits per heavy atom. The second-order valence-electron chi connectivity index (χ2n) is 8.72. The third-order valence-electron chi connectivity index (χ3n) is 6.00. The van der Waals surface area contributed by atoms with Crippen LogP contribution in [0.2, 0.25) is 5.02 Å². The van der Waals surface area contributed by atoms with Crippen molar-refractivity contribution in [1.29, 1.82) is 0 Å². The number of nitrogens with two attached hydrogens (primary N) is 1. The van der Waals surface area contributed by atoms with E-state index in [1.165, 1.54) is 10.6 Å². The lowest BCUT2D eigenvalue weighted by Crippen LogP contribution is -2.41. The van der Waals surface area contributed by atoms with Crippen LogP contribution in [0.15, 0.2) is 42.5 Å². The predicted molar refractivity (Wildman–Crippen MR) is 134 cm³/mol. The van der Waals surface area contributed by atoms with Crippen molar-refractivity contribution in [3.63, 3.8) is 0 Å². The zero-order chi connectivity index (χ0) is 24.2.